The summed E-state index contributed by atoms with van der Waals surface area (Å²) in [4.78, 5) is 9.12. The van der Waals surface area contributed by atoms with Gasteiger partial charge < -0.3 is 14.7 Å². The number of hydrogen-bond donors (Lipinski definition) is 1. The number of morpholine rings is 1. The molecular weight excluding hydrogens is 304 g/mol. The van der Waals surface area contributed by atoms with Gasteiger partial charge in [-0.15, -0.1) is 0 Å². The van der Waals surface area contributed by atoms with Gasteiger partial charge in [0.05, 0.1) is 19.3 Å². The van der Waals surface area contributed by atoms with E-state index in [1.807, 2.05) is 12.1 Å². The first kappa shape index (κ1) is 15.8. The van der Waals surface area contributed by atoms with Gasteiger partial charge in [-0.2, -0.15) is 5.26 Å². The summed E-state index contributed by atoms with van der Waals surface area (Å²) in [6.45, 7) is 5.30. The molecule has 24 heavy (non-hydrogen) atoms. The summed E-state index contributed by atoms with van der Waals surface area (Å²) in [6.07, 6.45) is 1.66. The molecule has 0 amide bonds. The molecule has 0 bridgehead atoms. The number of aromatic nitrogens is 1. The fraction of sp³-hybridized carbons (Fsp3) is 0.667. The summed E-state index contributed by atoms with van der Waals surface area (Å²) in [5.41, 5.74) is 0.466. The number of nitriles is 1. The third-order valence-corrected chi connectivity index (χ3v) is 5.80. The van der Waals surface area contributed by atoms with Gasteiger partial charge in [0.1, 0.15) is 17.6 Å². The maximum atomic E-state index is 10.6. The number of fused-ring (bicyclic) bond motifs is 1. The van der Waals surface area contributed by atoms with Crippen molar-refractivity contribution < 1.29 is 9.84 Å². The van der Waals surface area contributed by atoms with Crippen molar-refractivity contribution in [2.75, 3.05) is 44.3 Å². The third kappa shape index (κ3) is 3.00. The molecule has 1 aromatic rings. The van der Waals surface area contributed by atoms with Crippen molar-refractivity contribution in [2.24, 2.45) is 11.8 Å². The van der Waals surface area contributed by atoms with Crippen LogP contribution in [-0.4, -0.2) is 66.5 Å². The van der Waals surface area contributed by atoms with Crippen molar-refractivity contribution in [3.05, 3.63) is 23.9 Å². The molecule has 1 saturated carbocycles. The number of hydrogen-bond acceptors (Lipinski definition) is 6. The molecule has 3 heterocycles. The molecule has 3 aliphatic rings. The quantitative estimate of drug-likeness (QED) is 0.868. The number of ether oxygens (including phenoxy) is 1. The fourth-order valence-corrected chi connectivity index (χ4v) is 4.56. The van der Waals surface area contributed by atoms with Crippen LogP contribution in [0.1, 0.15) is 18.5 Å². The average Bonchev–Trinajstić information content (AvgIpc) is 3.04. The summed E-state index contributed by atoms with van der Waals surface area (Å²) in [5.74, 6) is 2.00. The van der Waals surface area contributed by atoms with Crippen molar-refractivity contribution in [2.45, 2.75) is 25.0 Å². The normalized spacial score (nSPS) is 33.9. The molecule has 3 fully saturated rings. The molecule has 1 aliphatic carbocycles. The molecular formula is C18H24N4O2. The van der Waals surface area contributed by atoms with E-state index in [4.69, 9.17) is 10.00 Å². The molecule has 0 radical (unpaired) electrons. The second kappa shape index (κ2) is 6.67. The lowest BCUT2D eigenvalue weighted by Crippen LogP contribution is -2.53. The minimum absolute atomic E-state index is 0.247. The highest BCUT2D eigenvalue weighted by Gasteiger charge is 2.44. The number of anilines is 1. The first-order chi connectivity index (χ1) is 11.7. The van der Waals surface area contributed by atoms with E-state index in [0.29, 0.717) is 17.5 Å². The van der Waals surface area contributed by atoms with Crippen LogP contribution in [0.15, 0.2) is 18.2 Å². The number of aliphatic hydroxyl groups is 1. The standard InChI is InChI=1S/C18H24N4O2/c19-10-15-2-1-3-18(20-15)22-11-13-8-16(17(23)9-14(13)12-22)21-4-6-24-7-5-21/h1-3,13-14,16-17,23H,4-9,11-12H2/t13-,14+,16-,17-/m1/s1. The molecule has 2 aliphatic heterocycles. The van der Waals surface area contributed by atoms with Gasteiger partial charge in [-0.1, -0.05) is 6.07 Å². The van der Waals surface area contributed by atoms with Crippen LogP contribution in [0.4, 0.5) is 5.82 Å². The van der Waals surface area contributed by atoms with E-state index >= 15 is 0 Å². The van der Waals surface area contributed by atoms with Gasteiger partial charge in [0, 0.05) is 32.2 Å². The van der Waals surface area contributed by atoms with Gasteiger partial charge in [-0.3, -0.25) is 4.90 Å². The highest BCUT2D eigenvalue weighted by molar-refractivity contribution is 5.43. The van der Waals surface area contributed by atoms with Crippen LogP contribution >= 0.6 is 0 Å². The van der Waals surface area contributed by atoms with Crippen LogP contribution in [0, 0.1) is 23.2 Å². The van der Waals surface area contributed by atoms with Crippen LogP contribution < -0.4 is 4.90 Å². The van der Waals surface area contributed by atoms with Crippen molar-refractivity contribution >= 4 is 5.82 Å². The molecule has 0 unspecified atom stereocenters. The molecule has 1 N–H and O–H groups in total. The Balaban J connectivity index is 1.46. The lowest BCUT2D eigenvalue weighted by Gasteiger charge is -2.43. The number of nitrogens with zero attached hydrogens (tertiary/aromatic N) is 4. The van der Waals surface area contributed by atoms with E-state index in [9.17, 15) is 5.11 Å². The molecule has 0 spiro atoms. The maximum absolute atomic E-state index is 10.6. The van der Waals surface area contributed by atoms with Crippen LogP contribution in [0.25, 0.3) is 0 Å². The zero-order valence-corrected chi connectivity index (χ0v) is 13.8. The Morgan fingerprint density at radius 3 is 2.67 bits per heavy atom. The number of aliphatic hydroxyl groups excluding tert-OH is 1. The Bertz CT molecular complexity index is 626. The van der Waals surface area contributed by atoms with Gasteiger partial charge >= 0.3 is 0 Å². The van der Waals surface area contributed by atoms with Crippen molar-refractivity contribution in [3.63, 3.8) is 0 Å². The highest BCUT2D eigenvalue weighted by atomic mass is 16.5. The molecule has 4 rings (SSSR count). The second-order valence-corrected chi connectivity index (χ2v) is 7.17. The average molecular weight is 328 g/mol. The highest BCUT2D eigenvalue weighted by Crippen LogP contribution is 2.39. The molecule has 1 aromatic heterocycles. The summed E-state index contributed by atoms with van der Waals surface area (Å²) >= 11 is 0. The van der Waals surface area contributed by atoms with Crippen LogP contribution in [-0.2, 0) is 4.74 Å². The predicted molar refractivity (Wildman–Crippen MR) is 89.6 cm³/mol. The zero-order valence-electron chi connectivity index (χ0n) is 13.8. The Labute approximate surface area is 142 Å². The first-order valence-corrected chi connectivity index (χ1v) is 8.86. The monoisotopic (exact) mass is 328 g/mol. The van der Waals surface area contributed by atoms with E-state index in [2.05, 4.69) is 20.9 Å². The molecule has 4 atom stereocenters. The van der Waals surface area contributed by atoms with E-state index in [1.54, 1.807) is 6.07 Å². The smallest absolute Gasteiger partial charge is 0.142 e. The van der Waals surface area contributed by atoms with Gasteiger partial charge in [0.15, 0.2) is 0 Å². The van der Waals surface area contributed by atoms with Crippen LogP contribution in [0.3, 0.4) is 0 Å². The van der Waals surface area contributed by atoms with E-state index < -0.39 is 0 Å². The van der Waals surface area contributed by atoms with Gasteiger partial charge in [0.2, 0.25) is 0 Å². The van der Waals surface area contributed by atoms with Crippen LogP contribution in [0.5, 0.6) is 0 Å². The topological polar surface area (TPSA) is 72.6 Å². The molecule has 0 aromatic carbocycles. The van der Waals surface area contributed by atoms with E-state index in [1.165, 1.54) is 0 Å². The molecule has 6 nitrogen and oxygen atoms in total. The lowest BCUT2D eigenvalue weighted by molar-refractivity contribution is -0.0520. The summed E-state index contributed by atoms with van der Waals surface area (Å²) in [7, 11) is 0. The summed E-state index contributed by atoms with van der Waals surface area (Å²) in [5, 5.41) is 19.7. The zero-order chi connectivity index (χ0) is 16.5. The Morgan fingerprint density at radius 1 is 1.17 bits per heavy atom. The van der Waals surface area contributed by atoms with Gasteiger partial charge in [-0.05, 0) is 36.8 Å². The number of rotatable bonds is 2. The second-order valence-electron chi connectivity index (χ2n) is 7.17. The van der Waals surface area contributed by atoms with Crippen molar-refractivity contribution in [1.29, 1.82) is 5.26 Å². The molecule has 128 valence electrons. The first-order valence-electron chi connectivity index (χ1n) is 8.86. The van der Waals surface area contributed by atoms with Crippen molar-refractivity contribution in [1.82, 2.24) is 9.88 Å². The Morgan fingerprint density at radius 2 is 1.92 bits per heavy atom. The largest absolute Gasteiger partial charge is 0.391 e. The summed E-state index contributed by atoms with van der Waals surface area (Å²) in [6, 6.07) is 7.99. The van der Waals surface area contributed by atoms with E-state index in [0.717, 1.165) is 58.1 Å². The van der Waals surface area contributed by atoms with Crippen LogP contribution in [0.2, 0.25) is 0 Å². The SMILES string of the molecule is N#Cc1cccc(N2C[C@H]3C[C@@H](N4CCOCC4)[C@H](O)C[C@H]3C2)n1. The third-order valence-electron chi connectivity index (χ3n) is 5.80. The minimum Gasteiger partial charge on any atom is -0.391 e. The molecule has 6 heteroatoms. The lowest BCUT2D eigenvalue weighted by atomic mass is 9.77. The summed E-state index contributed by atoms with van der Waals surface area (Å²) < 4.78 is 5.44. The van der Waals surface area contributed by atoms with Crippen molar-refractivity contribution in [3.8, 4) is 6.07 Å². The molecule has 2 saturated heterocycles. The van der Waals surface area contributed by atoms with Gasteiger partial charge in [0.25, 0.3) is 0 Å². The Hall–Kier alpha value is -1.68. The minimum atomic E-state index is -0.247. The van der Waals surface area contributed by atoms with Gasteiger partial charge in [-0.25, -0.2) is 4.98 Å². The predicted octanol–water partition coefficient (Wildman–Crippen LogP) is 0.861. The maximum Gasteiger partial charge on any atom is 0.142 e. The fourth-order valence-electron chi connectivity index (χ4n) is 4.56. The Kier molecular flexibility index (Phi) is 4.40. The number of pyridine rings is 1. The van der Waals surface area contributed by atoms with E-state index in [-0.39, 0.29) is 12.1 Å².